The molecule has 0 spiro atoms. The molecular weight excluding hydrogens is 434 g/mol. The van der Waals surface area contributed by atoms with Crippen LogP contribution in [0.2, 0.25) is 0 Å². The Labute approximate surface area is 156 Å². The summed E-state index contributed by atoms with van der Waals surface area (Å²) in [6.07, 6.45) is 0.963. The maximum absolute atomic E-state index is 13.0. The first-order valence-electron chi connectivity index (χ1n) is 8.22. The van der Waals surface area contributed by atoms with Gasteiger partial charge < -0.3 is 0 Å². The highest BCUT2D eigenvalue weighted by Gasteiger charge is 2.66. The molecule has 0 radical (unpaired) electrons. The normalized spacial score (nSPS) is 37.5. The van der Waals surface area contributed by atoms with Crippen LogP contribution in [-0.2, 0) is 9.59 Å². The molecule has 0 aromatic heterocycles. The predicted octanol–water partition coefficient (Wildman–Crippen LogP) is 4.12. The number of amides is 2. The third kappa shape index (κ3) is 1.83. The van der Waals surface area contributed by atoms with Gasteiger partial charge >= 0.3 is 0 Å². The molecule has 0 unspecified atom stereocenters. The summed E-state index contributed by atoms with van der Waals surface area (Å²) in [6, 6.07) is 13.8. The van der Waals surface area contributed by atoms with E-state index < -0.39 is 0 Å². The van der Waals surface area contributed by atoms with Gasteiger partial charge in [0, 0.05) is 9.65 Å². The molecule has 2 aliphatic carbocycles. The third-order valence-corrected chi connectivity index (χ3v) is 9.18. The zero-order valence-electron chi connectivity index (χ0n) is 12.7. The van der Waals surface area contributed by atoms with E-state index in [1.807, 2.05) is 42.5 Å². The van der Waals surface area contributed by atoms with Gasteiger partial charge in [0.15, 0.2) is 0 Å². The molecule has 24 heavy (non-hydrogen) atoms. The summed E-state index contributed by atoms with van der Waals surface area (Å²) in [4.78, 5) is 28.1. The van der Waals surface area contributed by atoms with E-state index in [9.17, 15) is 9.59 Å². The zero-order valence-corrected chi connectivity index (χ0v) is 15.9. The van der Waals surface area contributed by atoms with Crippen molar-refractivity contribution in [3.05, 3.63) is 42.5 Å². The summed E-state index contributed by atoms with van der Waals surface area (Å²) in [5.41, 5.74) is 0.703. The Kier molecular flexibility index (Phi) is 3.24. The quantitative estimate of drug-likeness (QED) is 0.486. The number of nitrogens with zero attached hydrogens (tertiary/aromatic N) is 1. The van der Waals surface area contributed by atoms with E-state index in [0.717, 1.165) is 17.2 Å². The Morgan fingerprint density at radius 1 is 0.833 bits per heavy atom. The number of rotatable bonds is 1. The molecule has 2 amide bonds. The van der Waals surface area contributed by atoms with E-state index in [-0.39, 0.29) is 45.1 Å². The first-order valence-corrected chi connectivity index (χ1v) is 10.1. The number of hydrogen-bond acceptors (Lipinski definition) is 2. The number of halogens is 2. The van der Waals surface area contributed by atoms with E-state index in [2.05, 4.69) is 31.9 Å². The Bertz CT molecular complexity index is 851. The van der Waals surface area contributed by atoms with Gasteiger partial charge in [-0.1, -0.05) is 62.2 Å². The summed E-state index contributed by atoms with van der Waals surface area (Å²) < 4.78 is 0. The number of fused-ring (bicyclic) bond motifs is 6. The molecule has 122 valence electrons. The van der Waals surface area contributed by atoms with Gasteiger partial charge in [0.25, 0.3) is 0 Å². The fourth-order valence-corrected chi connectivity index (χ4v) is 6.79. The Morgan fingerprint density at radius 2 is 1.42 bits per heavy atom. The van der Waals surface area contributed by atoms with E-state index in [4.69, 9.17) is 0 Å². The average Bonchev–Trinajstić information content (AvgIpc) is 3.19. The third-order valence-electron chi connectivity index (χ3n) is 5.98. The summed E-state index contributed by atoms with van der Waals surface area (Å²) in [6.45, 7) is 0. The minimum absolute atomic E-state index is 0.0170. The van der Waals surface area contributed by atoms with Crippen molar-refractivity contribution in [1.29, 1.82) is 0 Å². The van der Waals surface area contributed by atoms with Crippen molar-refractivity contribution in [1.82, 2.24) is 0 Å². The van der Waals surface area contributed by atoms with E-state index in [1.165, 1.54) is 4.90 Å². The monoisotopic (exact) mass is 447 g/mol. The second kappa shape index (κ2) is 5.15. The molecule has 5 rings (SSSR count). The first-order chi connectivity index (χ1) is 11.6. The van der Waals surface area contributed by atoms with Crippen molar-refractivity contribution in [2.24, 2.45) is 23.7 Å². The van der Waals surface area contributed by atoms with E-state index in [1.54, 1.807) is 0 Å². The maximum atomic E-state index is 13.0. The van der Waals surface area contributed by atoms with Crippen LogP contribution in [-0.4, -0.2) is 21.5 Å². The topological polar surface area (TPSA) is 37.4 Å². The standard InChI is InChI=1S/C19H15Br2NO2/c20-16-12-8-13(17(16)21)15-14(12)18(23)22(19(15)24)11-6-5-9-3-1-2-4-10(9)7-11/h1-7,12-17H,8H2/t12-,13-,14-,15+,16-,17-/m1/s1. The number of carbonyl (C=O) groups is 2. The van der Waals surface area contributed by atoms with Gasteiger partial charge in [-0.2, -0.15) is 0 Å². The maximum Gasteiger partial charge on any atom is 0.238 e. The van der Waals surface area contributed by atoms with Crippen molar-refractivity contribution in [3.8, 4) is 0 Å². The molecule has 1 aliphatic heterocycles. The average molecular weight is 449 g/mol. The second-order valence-electron chi connectivity index (χ2n) is 7.05. The highest BCUT2D eigenvalue weighted by molar-refractivity contribution is 9.12. The zero-order chi connectivity index (χ0) is 16.6. The lowest BCUT2D eigenvalue weighted by Gasteiger charge is -2.28. The van der Waals surface area contributed by atoms with Crippen molar-refractivity contribution in [3.63, 3.8) is 0 Å². The van der Waals surface area contributed by atoms with Crippen molar-refractivity contribution in [2.75, 3.05) is 4.90 Å². The molecule has 2 bridgehead atoms. The highest BCUT2D eigenvalue weighted by Crippen LogP contribution is 2.60. The molecule has 3 fully saturated rings. The highest BCUT2D eigenvalue weighted by atomic mass is 79.9. The number of alkyl halides is 2. The molecule has 2 aromatic rings. The lowest BCUT2D eigenvalue weighted by Crippen LogP contribution is -2.37. The number of anilines is 1. The lowest BCUT2D eigenvalue weighted by molar-refractivity contribution is -0.123. The summed E-state index contributed by atoms with van der Waals surface area (Å²) in [7, 11) is 0. The summed E-state index contributed by atoms with van der Waals surface area (Å²) >= 11 is 7.45. The Balaban J connectivity index is 1.57. The van der Waals surface area contributed by atoms with Crippen molar-refractivity contribution >= 4 is 60.1 Å². The molecule has 1 heterocycles. The molecule has 5 heteroatoms. The van der Waals surface area contributed by atoms with Gasteiger partial charge in [-0.05, 0) is 41.2 Å². The van der Waals surface area contributed by atoms with Crippen LogP contribution in [0.5, 0.6) is 0 Å². The van der Waals surface area contributed by atoms with Crippen LogP contribution in [0.1, 0.15) is 6.42 Å². The van der Waals surface area contributed by atoms with Crippen LogP contribution >= 0.6 is 31.9 Å². The fourth-order valence-electron chi connectivity index (χ4n) is 4.92. The number of hydrogen-bond donors (Lipinski definition) is 0. The molecule has 6 atom stereocenters. The van der Waals surface area contributed by atoms with Crippen LogP contribution in [0.15, 0.2) is 42.5 Å². The molecule has 1 saturated heterocycles. The lowest BCUT2D eigenvalue weighted by atomic mass is 9.81. The van der Waals surface area contributed by atoms with Crippen LogP contribution in [0, 0.1) is 23.7 Å². The van der Waals surface area contributed by atoms with E-state index in [0.29, 0.717) is 5.69 Å². The molecule has 3 nitrogen and oxygen atoms in total. The molecule has 0 N–H and O–H groups in total. The molecule has 2 aromatic carbocycles. The van der Waals surface area contributed by atoms with Crippen LogP contribution in [0.4, 0.5) is 5.69 Å². The Hall–Kier alpha value is -1.20. The number of imide groups is 1. The van der Waals surface area contributed by atoms with Gasteiger partial charge in [0.1, 0.15) is 0 Å². The minimum Gasteiger partial charge on any atom is -0.274 e. The van der Waals surface area contributed by atoms with Gasteiger partial charge in [-0.3, -0.25) is 14.5 Å². The smallest absolute Gasteiger partial charge is 0.238 e. The Morgan fingerprint density at radius 3 is 2.04 bits per heavy atom. The van der Waals surface area contributed by atoms with Crippen molar-refractivity contribution in [2.45, 2.75) is 16.1 Å². The van der Waals surface area contributed by atoms with Crippen molar-refractivity contribution < 1.29 is 9.59 Å². The number of carbonyl (C=O) groups excluding carboxylic acids is 2. The minimum atomic E-state index is -0.160. The van der Waals surface area contributed by atoms with E-state index >= 15 is 0 Å². The van der Waals surface area contributed by atoms with Gasteiger partial charge in [-0.15, -0.1) is 0 Å². The number of benzene rings is 2. The SMILES string of the molecule is O=C1[C@@H]2[C@H]3C[C@@H]([C@@H](Br)[C@@H]3Br)[C@@H]2C(=O)N1c1ccc2ccccc2c1. The summed E-state index contributed by atoms with van der Waals surface area (Å²) in [5.74, 6) is 0.158. The second-order valence-corrected chi connectivity index (χ2v) is 9.16. The molecule has 2 saturated carbocycles. The van der Waals surface area contributed by atoms with Gasteiger partial charge in [0.2, 0.25) is 11.8 Å². The van der Waals surface area contributed by atoms with Gasteiger partial charge in [0.05, 0.1) is 17.5 Å². The van der Waals surface area contributed by atoms with Gasteiger partial charge in [-0.25, -0.2) is 0 Å². The summed E-state index contributed by atoms with van der Waals surface area (Å²) in [5, 5.41) is 2.16. The van der Waals surface area contributed by atoms with Crippen LogP contribution in [0.25, 0.3) is 10.8 Å². The van der Waals surface area contributed by atoms with Crippen LogP contribution < -0.4 is 4.90 Å². The fraction of sp³-hybridized carbons (Fsp3) is 0.368. The first kappa shape index (κ1) is 15.1. The largest absolute Gasteiger partial charge is 0.274 e. The predicted molar refractivity (Wildman–Crippen MR) is 100 cm³/mol. The van der Waals surface area contributed by atoms with Crippen LogP contribution in [0.3, 0.4) is 0 Å². The molecule has 3 aliphatic rings. The molecular formula is C19H15Br2NO2.